The maximum atomic E-state index is 2.65. The highest BCUT2D eigenvalue weighted by Crippen LogP contribution is 2.49. The van der Waals surface area contributed by atoms with Gasteiger partial charge in [0, 0.05) is 55.7 Å². The van der Waals surface area contributed by atoms with Gasteiger partial charge >= 0.3 is 0 Å². The third-order valence-electron chi connectivity index (χ3n) is 14.3. The van der Waals surface area contributed by atoms with E-state index in [0.717, 1.165) is 22.7 Å². The first-order valence-electron chi connectivity index (χ1n) is 22.6. The van der Waals surface area contributed by atoms with E-state index in [1.807, 2.05) is 0 Å². The van der Waals surface area contributed by atoms with Gasteiger partial charge in [0.1, 0.15) is 0 Å². The highest BCUT2D eigenvalue weighted by atomic mass is 15.2. The smallest absolute Gasteiger partial charge is 0.252 e. The van der Waals surface area contributed by atoms with E-state index in [9.17, 15) is 0 Å². The van der Waals surface area contributed by atoms with Gasteiger partial charge in [-0.3, -0.25) is 0 Å². The molecule has 65 heavy (non-hydrogen) atoms. The van der Waals surface area contributed by atoms with E-state index in [1.54, 1.807) is 0 Å². The van der Waals surface area contributed by atoms with Crippen LogP contribution < -0.4 is 21.3 Å². The van der Waals surface area contributed by atoms with Crippen molar-refractivity contribution in [2.45, 2.75) is 6.92 Å². The fourth-order valence-electron chi connectivity index (χ4n) is 12.0. The fraction of sp³-hybridized carbons (Fsp3) is 0.0169. The number of aryl methyl sites for hydroxylation is 1. The maximum Gasteiger partial charge on any atom is 0.252 e. The summed E-state index contributed by atoms with van der Waals surface area (Å²) in [6.07, 6.45) is 0. The molecule has 0 unspecified atom stereocenters. The maximum absolute atomic E-state index is 2.65. The number of para-hydroxylation sites is 7. The van der Waals surface area contributed by atoms with Gasteiger partial charge in [-0.2, -0.15) is 0 Å². The van der Waals surface area contributed by atoms with Crippen LogP contribution in [0.4, 0.5) is 17.1 Å². The van der Waals surface area contributed by atoms with Crippen LogP contribution in [-0.4, -0.2) is 25.0 Å². The molecule has 0 amide bonds. The number of hydrogen-bond acceptors (Lipinski definition) is 1. The predicted molar refractivity (Wildman–Crippen MR) is 273 cm³/mol. The average molecular weight is 828 g/mol. The Bertz CT molecular complexity index is 4080. The lowest BCUT2D eigenvalue weighted by atomic mass is 9.34. The fourth-order valence-corrected chi connectivity index (χ4v) is 12.0. The number of aromatic nitrogens is 4. The molecule has 0 aliphatic carbocycles. The average Bonchev–Trinajstić information content (AvgIpc) is 4.09. The second-order valence-electron chi connectivity index (χ2n) is 17.7. The van der Waals surface area contributed by atoms with E-state index in [0.29, 0.717) is 0 Å². The zero-order chi connectivity index (χ0) is 42.5. The molecule has 9 aromatic carbocycles. The van der Waals surface area contributed by atoms with Crippen molar-refractivity contribution in [2.24, 2.45) is 0 Å². The highest BCUT2D eigenvalue weighted by molar-refractivity contribution is 7.00. The third-order valence-corrected chi connectivity index (χ3v) is 14.3. The summed E-state index contributed by atoms with van der Waals surface area (Å²) in [4.78, 5) is 2.46. The van der Waals surface area contributed by atoms with Crippen molar-refractivity contribution in [1.29, 1.82) is 0 Å². The van der Waals surface area contributed by atoms with Crippen molar-refractivity contribution < 1.29 is 0 Å². The second kappa shape index (κ2) is 12.8. The van der Waals surface area contributed by atoms with Crippen LogP contribution in [0.2, 0.25) is 0 Å². The van der Waals surface area contributed by atoms with Crippen LogP contribution in [0.15, 0.2) is 212 Å². The molecule has 0 radical (unpaired) electrons. The summed E-state index contributed by atoms with van der Waals surface area (Å²) < 4.78 is 10.3. The lowest BCUT2D eigenvalue weighted by molar-refractivity contribution is 1.13. The number of nitrogens with zero attached hydrogens (tertiary/aromatic N) is 5. The molecule has 6 heteroatoms. The molecular weight excluding hydrogens is 789 g/mol. The van der Waals surface area contributed by atoms with Gasteiger partial charge in [0.2, 0.25) is 0 Å². The first-order chi connectivity index (χ1) is 32.2. The van der Waals surface area contributed by atoms with E-state index in [1.165, 1.54) is 105 Å². The van der Waals surface area contributed by atoms with E-state index in [4.69, 9.17) is 0 Å². The Hall–Kier alpha value is -8.48. The molecule has 0 saturated carbocycles. The van der Waals surface area contributed by atoms with Gasteiger partial charge in [-0.05, 0) is 108 Å². The van der Waals surface area contributed by atoms with Crippen LogP contribution in [-0.2, 0) is 0 Å². The van der Waals surface area contributed by atoms with E-state index in [-0.39, 0.29) is 6.71 Å². The van der Waals surface area contributed by atoms with Crippen LogP contribution >= 0.6 is 0 Å². The van der Waals surface area contributed by atoms with Gasteiger partial charge in [-0.25, -0.2) is 0 Å². The Balaban J connectivity index is 1.16. The Labute approximate surface area is 374 Å². The first-order valence-corrected chi connectivity index (χ1v) is 22.6. The Morgan fingerprint density at radius 2 is 0.831 bits per heavy atom. The number of fused-ring (bicyclic) bond motifs is 14. The minimum atomic E-state index is -0.00589. The molecule has 4 aromatic heterocycles. The molecule has 0 atom stereocenters. The monoisotopic (exact) mass is 827 g/mol. The molecule has 6 heterocycles. The number of benzene rings is 9. The molecule has 0 spiro atoms. The van der Waals surface area contributed by atoms with Crippen molar-refractivity contribution in [3.05, 3.63) is 218 Å². The Morgan fingerprint density at radius 3 is 1.43 bits per heavy atom. The van der Waals surface area contributed by atoms with Gasteiger partial charge in [0.25, 0.3) is 6.71 Å². The van der Waals surface area contributed by atoms with E-state index in [2.05, 4.69) is 242 Å². The molecule has 13 aromatic rings. The second-order valence-corrected chi connectivity index (χ2v) is 17.7. The van der Waals surface area contributed by atoms with Gasteiger partial charge in [-0.15, -0.1) is 0 Å². The summed E-state index contributed by atoms with van der Waals surface area (Å²) in [5, 5.41) is 4.98. The van der Waals surface area contributed by atoms with Crippen molar-refractivity contribution in [2.75, 3.05) is 4.90 Å². The molecule has 0 N–H and O–H groups in total. The molecule has 2 aliphatic heterocycles. The molecule has 0 saturated heterocycles. The molecule has 2 aliphatic rings. The van der Waals surface area contributed by atoms with Gasteiger partial charge in [0.15, 0.2) is 0 Å². The van der Waals surface area contributed by atoms with Crippen molar-refractivity contribution >= 4 is 106 Å². The summed E-state index contributed by atoms with van der Waals surface area (Å²) in [5.41, 5.74) is 23.3. The van der Waals surface area contributed by atoms with Crippen LogP contribution in [0.1, 0.15) is 5.56 Å². The summed E-state index contributed by atoms with van der Waals surface area (Å²) in [5.74, 6) is 0. The first kappa shape index (κ1) is 35.0. The van der Waals surface area contributed by atoms with Crippen LogP contribution in [0.3, 0.4) is 0 Å². The van der Waals surface area contributed by atoms with Gasteiger partial charge in [-0.1, -0.05) is 133 Å². The summed E-state index contributed by atoms with van der Waals surface area (Å²) in [7, 11) is 0. The van der Waals surface area contributed by atoms with Crippen LogP contribution in [0.5, 0.6) is 0 Å². The third kappa shape index (κ3) is 4.48. The lowest BCUT2D eigenvalue weighted by Crippen LogP contribution is -2.59. The zero-order valence-electron chi connectivity index (χ0n) is 35.5. The van der Waals surface area contributed by atoms with Gasteiger partial charge in [0.05, 0.1) is 49.8 Å². The molecule has 5 nitrogen and oxygen atoms in total. The normalized spacial score (nSPS) is 12.7. The highest BCUT2D eigenvalue weighted by Gasteiger charge is 2.43. The molecule has 302 valence electrons. The minimum absolute atomic E-state index is 0.00589. The molecule has 0 fully saturated rings. The summed E-state index contributed by atoms with van der Waals surface area (Å²) in [6, 6.07) is 78.3. The largest absolute Gasteiger partial charge is 0.310 e. The predicted octanol–water partition coefficient (Wildman–Crippen LogP) is 12.7. The van der Waals surface area contributed by atoms with Crippen LogP contribution in [0.25, 0.3) is 88.4 Å². The molecule has 0 bridgehead atoms. The summed E-state index contributed by atoms with van der Waals surface area (Å²) >= 11 is 0. The zero-order valence-corrected chi connectivity index (χ0v) is 35.5. The SMILES string of the molecule is Cc1cc2c3c(c1)-n1c4c(ccc(N(c5ccccc5)c5ccccc5)c4c4c1c1ccccc1n4-c1ccccc1)B3c1cccc3c1n-2c1c2ccccc2n(-c2ccccc2)c31. The van der Waals surface area contributed by atoms with E-state index >= 15 is 0 Å². The van der Waals surface area contributed by atoms with Gasteiger partial charge < -0.3 is 23.2 Å². The van der Waals surface area contributed by atoms with Crippen molar-refractivity contribution in [3.63, 3.8) is 0 Å². The lowest BCUT2D eigenvalue weighted by Gasteiger charge is -2.35. The Morgan fingerprint density at radius 1 is 0.369 bits per heavy atom. The summed E-state index contributed by atoms with van der Waals surface area (Å²) in [6.45, 7) is 2.27. The minimum Gasteiger partial charge on any atom is -0.310 e. The van der Waals surface area contributed by atoms with Crippen LogP contribution in [0, 0.1) is 6.92 Å². The topological polar surface area (TPSA) is 23.0 Å². The number of rotatable bonds is 5. The van der Waals surface area contributed by atoms with Crippen molar-refractivity contribution in [1.82, 2.24) is 18.3 Å². The molecule has 15 rings (SSSR count). The standard InChI is InChI=1S/C59H38BN5/c1-37-35-50-53-51(36-37)65-56-43-28-15-17-32-48(43)63(41-25-12-5-13-26-41)59(56)52-49(61(38-19-6-2-7-20-38)39-21-8-3-9-22-39)34-33-46(58(52)65)60(53)45-30-18-29-44-54(45)64(50)55-42-27-14-16-31-47(42)62(57(44)55)40-23-10-4-11-24-40/h2-36H,1H3. The number of anilines is 3. The quantitative estimate of drug-likeness (QED) is 0.159. The van der Waals surface area contributed by atoms with Crippen molar-refractivity contribution in [3.8, 4) is 22.7 Å². The molecular formula is C59H38BN5. The Kier molecular flexibility index (Phi) is 6.90. The number of hydrogen-bond donors (Lipinski definition) is 0. The van der Waals surface area contributed by atoms with E-state index < -0.39 is 0 Å².